The minimum atomic E-state index is -0.265. The average molecular weight is 285 g/mol. The minimum absolute atomic E-state index is 0.265. The van der Waals surface area contributed by atoms with Crippen molar-refractivity contribution in [3.63, 3.8) is 0 Å². The molecular formula is C14H18ClFN2O. The first-order valence-corrected chi connectivity index (χ1v) is 6.99. The first kappa shape index (κ1) is 14.3. The molecule has 0 amide bonds. The van der Waals surface area contributed by atoms with E-state index in [1.807, 2.05) is 0 Å². The van der Waals surface area contributed by atoms with E-state index in [0.717, 1.165) is 43.8 Å². The van der Waals surface area contributed by atoms with Crippen molar-refractivity contribution < 1.29 is 9.13 Å². The van der Waals surface area contributed by atoms with Gasteiger partial charge in [-0.1, -0.05) is 0 Å². The zero-order valence-electron chi connectivity index (χ0n) is 11.0. The van der Waals surface area contributed by atoms with Crippen molar-refractivity contribution in [2.24, 2.45) is 0 Å². The van der Waals surface area contributed by atoms with Crippen molar-refractivity contribution in [2.75, 3.05) is 13.7 Å². The molecule has 0 radical (unpaired) electrons. The predicted molar refractivity (Wildman–Crippen MR) is 75.0 cm³/mol. The molecule has 1 aromatic heterocycles. The lowest BCUT2D eigenvalue weighted by atomic mass is 10.2. The Balaban J connectivity index is 2.11. The van der Waals surface area contributed by atoms with Crippen molar-refractivity contribution in [3.8, 4) is 0 Å². The van der Waals surface area contributed by atoms with Crippen LogP contribution in [0, 0.1) is 5.82 Å². The number of methoxy groups -OCH3 is 1. The molecule has 0 spiro atoms. The molecule has 19 heavy (non-hydrogen) atoms. The molecule has 3 nitrogen and oxygen atoms in total. The fourth-order valence-corrected chi connectivity index (χ4v) is 2.40. The van der Waals surface area contributed by atoms with Gasteiger partial charge in [0.15, 0.2) is 0 Å². The molecule has 5 heteroatoms. The molecule has 0 aliphatic rings. The molecule has 1 aromatic carbocycles. The summed E-state index contributed by atoms with van der Waals surface area (Å²) >= 11 is 5.91. The Hall–Kier alpha value is -1.13. The highest BCUT2D eigenvalue weighted by molar-refractivity contribution is 6.16. The largest absolute Gasteiger partial charge is 0.385 e. The van der Waals surface area contributed by atoms with E-state index in [1.165, 1.54) is 12.1 Å². The van der Waals surface area contributed by atoms with Crippen LogP contribution < -0.4 is 0 Å². The predicted octanol–water partition coefficient (Wildman–Crippen LogP) is 3.73. The second-order valence-electron chi connectivity index (χ2n) is 4.50. The highest BCUT2D eigenvalue weighted by Crippen LogP contribution is 2.19. The number of imidazole rings is 1. The molecule has 0 bridgehead atoms. The molecular weight excluding hydrogens is 267 g/mol. The van der Waals surface area contributed by atoms with E-state index in [9.17, 15) is 4.39 Å². The summed E-state index contributed by atoms with van der Waals surface area (Å²) < 4.78 is 20.3. The van der Waals surface area contributed by atoms with Crippen molar-refractivity contribution >= 4 is 22.6 Å². The molecule has 2 rings (SSSR count). The third-order valence-electron chi connectivity index (χ3n) is 3.14. The summed E-state index contributed by atoms with van der Waals surface area (Å²) in [5.41, 5.74) is 1.62. The van der Waals surface area contributed by atoms with E-state index in [2.05, 4.69) is 9.55 Å². The summed E-state index contributed by atoms with van der Waals surface area (Å²) in [6.07, 6.45) is 3.18. The van der Waals surface area contributed by atoms with E-state index in [4.69, 9.17) is 16.3 Å². The van der Waals surface area contributed by atoms with Gasteiger partial charge >= 0.3 is 0 Å². The van der Waals surface area contributed by atoms with E-state index in [1.54, 1.807) is 13.2 Å². The summed E-state index contributed by atoms with van der Waals surface area (Å²) in [4.78, 5) is 4.37. The van der Waals surface area contributed by atoms with Crippen LogP contribution in [0.2, 0.25) is 0 Å². The number of ether oxygens (including phenoxy) is 1. The van der Waals surface area contributed by atoms with E-state index in [0.29, 0.717) is 11.4 Å². The van der Waals surface area contributed by atoms with E-state index < -0.39 is 0 Å². The van der Waals surface area contributed by atoms with Gasteiger partial charge in [-0.3, -0.25) is 0 Å². The van der Waals surface area contributed by atoms with Gasteiger partial charge in [0.1, 0.15) is 11.6 Å². The van der Waals surface area contributed by atoms with Crippen LogP contribution in [0.3, 0.4) is 0 Å². The van der Waals surface area contributed by atoms with Gasteiger partial charge in [-0.25, -0.2) is 9.37 Å². The Morgan fingerprint density at radius 3 is 2.89 bits per heavy atom. The zero-order chi connectivity index (χ0) is 13.7. The second-order valence-corrected chi connectivity index (χ2v) is 4.77. The van der Waals surface area contributed by atoms with Crippen LogP contribution in [-0.2, 0) is 17.2 Å². The summed E-state index contributed by atoms with van der Waals surface area (Å²) in [5, 5.41) is 0. The van der Waals surface area contributed by atoms with Gasteiger partial charge in [-0.05, 0) is 31.4 Å². The van der Waals surface area contributed by atoms with Crippen molar-refractivity contribution in [1.29, 1.82) is 0 Å². The smallest absolute Gasteiger partial charge is 0.125 e. The van der Waals surface area contributed by atoms with Gasteiger partial charge in [0.05, 0.1) is 16.9 Å². The maximum absolute atomic E-state index is 13.2. The highest BCUT2D eigenvalue weighted by Gasteiger charge is 2.10. The standard InChI is InChI=1S/C14H18ClFN2O/c1-19-8-4-2-3-7-18-13-6-5-11(16)9-12(13)17-14(18)10-15/h5-6,9H,2-4,7-8,10H2,1H3. The zero-order valence-corrected chi connectivity index (χ0v) is 11.8. The number of hydrogen-bond donors (Lipinski definition) is 0. The molecule has 0 saturated heterocycles. The summed E-state index contributed by atoms with van der Waals surface area (Å²) in [5.74, 6) is 0.876. The van der Waals surface area contributed by atoms with Crippen LogP contribution in [0.4, 0.5) is 4.39 Å². The number of rotatable bonds is 7. The topological polar surface area (TPSA) is 27.1 Å². The number of fused-ring (bicyclic) bond motifs is 1. The van der Waals surface area contributed by atoms with Crippen molar-refractivity contribution in [1.82, 2.24) is 9.55 Å². The number of alkyl halides is 1. The van der Waals surface area contributed by atoms with Crippen LogP contribution in [0.15, 0.2) is 18.2 Å². The Kier molecular flexibility index (Phi) is 5.16. The molecule has 0 unspecified atom stereocenters. The first-order chi connectivity index (χ1) is 9.26. The molecule has 104 valence electrons. The summed E-state index contributed by atoms with van der Waals surface area (Å²) in [6.45, 7) is 1.64. The van der Waals surface area contributed by atoms with Crippen molar-refractivity contribution in [3.05, 3.63) is 29.8 Å². The quantitative estimate of drug-likeness (QED) is 0.572. The Labute approximate surface area is 117 Å². The third kappa shape index (κ3) is 3.45. The third-order valence-corrected chi connectivity index (χ3v) is 3.38. The molecule has 1 heterocycles. The van der Waals surface area contributed by atoms with Crippen LogP contribution >= 0.6 is 11.6 Å². The minimum Gasteiger partial charge on any atom is -0.385 e. The maximum Gasteiger partial charge on any atom is 0.125 e. The van der Waals surface area contributed by atoms with Crippen LogP contribution in [0.25, 0.3) is 11.0 Å². The molecule has 0 saturated carbocycles. The SMILES string of the molecule is COCCCCCn1c(CCl)nc2cc(F)ccc21. The molecule has 0 aliphatic carbocycles. The van der Waals surface area contributed by atoms with Gasteiger partial charge < -0.3 is 9.30 Å². The highest BCUT2D eigenvalue weighted by atomic mass is 35.5. The Bertz CT molecular complexity index is 541. The molecule has 2 aromatic rings. The lowest BCUT2D eigenvalue weighted by Gasteiger charge is -2.07. The van der Waals surface area contributed by atoms with E-state index in [-0.39, 0.29) is 5.82 Å². The Morgan fingerprint density at radius 1 is 1.32 bits per heavy atom. The number of aromatic nitrogens is 2. The monoisotopic (exact) mass is 284 g/mol. The molecule has 0 aliphatic heterocycles. The number of benzene rings is 1. The maximum atomic E-state index is 13.2. The number of unbranched alkanes of at least 4 members (excludes halogenated alkanes) is 2. The number of hydrogen-bond acceptors (Lipinski definition) is 2. The lowest BCUT2D eigenvalue weighted by Crippen LogP contribution is -2.03. The molecule has 0 fully saturated rings. The first-order valence-electron chi connectivity index (χ1n) is 6.46. The normalized spacial score (nSPS) is 11.3. The van der Waals surface area contributed by atoms with Crippen LogP contribution in [-0.4, -0.2) is 23.3 Å². The van der Waals surface area contributed by atoms with Crippen LogP contribution in [0.5, 0.6) is 0 Å². The lowest BCUT2D eigenvalue weighted by molar-refractivity contribution is 0.191. The fourth-order valence-electron chi connectivity index (χ4n) is 2.20. The number of halogens is 2. The van der Waals surface area contributed by atoms with Crippen LogP contribution in [0.1, 0.15) is 25.1 Å². The van der Waals surface area contributed by atoms with Gasteiger partial charge in [-0.15, -0.1) is 11.6 Å². The molecule has 0 atom stereocenters. The fraction of sp³-hybridized carbons (Fsp3) is 0.500. The van der Waals surface area contributed by atoms with Crippen molar-refractivity contribution in [2.45, 2.75) is 31.7 Å². The second kappa shape index (κ2) is 6.87. The summed E-state index contributed by atoms with van der Waals surface area (Å²) in [6, 6.07) is 4.68. The number of aryl methyl sites for hydroxylation is 1. The Morgan fingerprint density at radius 2 is 2.16 bits per heavy atom. The van der Waals surface area contributed by atoms with E-state index >= 15 is 0 Å². The van der Waals surface area contributed by atoms with Gasteiger partial charge in [0.2, 0.25) is 0 Å². The molecule has 0 N–H and O–H groups in total. The average Bonchev–Trinajstić information content (AvgIpc) is 2.75. The van der Waals surface area contributed by atoms with Gasteiger partial charge in [-0.2, -0.15) is 0 Å². The number of nitrogens with zero attached hydrogens (tertiary/aromatic N) is 2. The van der Waals surface area contributed by atoms with Gasteiger partial charge in [0.25, 0.3) is 0 Å². The summed E-state index contributed by atoms with van der Waals surface area (Å²) in [7, 11) is 1.71. The van der Waals surface area contributed by atoms with Gasteiger partial charge in [0, 0.05) is 26.3 Å².